The third-order valence-electron chi connectivity index (χ3n) is 4.68. The summed E-state index contributed by atoms with van der Waals surface area (Å²) in [4.78, 5) is 15.8. The average molecular weight is 491 g/mol. The summed E-state index contributed by atoms with van der Waals surface area (Å²) in [5.74, 6) is -2.26. The molecule has 1 unspecified atom stereocenters. The van der Waals surface area contributed by atoms with Gasteiger partial charge in [0.05, 0.1) is 11.1 Å². The third kappa shape index (κ3) is 4.35. The molecule has 3 heterocycles. The summed E-state index contributed by atoms with van der Waals surface area (Å²) >= 11 is -1.75. The summed E-state index contributed by atoms with van der Waals surface area (Å²) in [6.07, 6.45) is -7.82. The Morgan fingerprint density at radius 3 is 2.55 bits per heavy atom. The number of halogens is 5. The summed E-state index contributed by atoms with van der Waals surface area (Å²) in [5.41, 5.74) is -1.27. The van der Waals surface area contributed by atoms with Gasteiger partial charge in [-0.15, -0.1) is 8.78 Å². The molecule has 176 valence electrons. The number of nitrogens with zero attached hydrogens (tertiary/aromatic N) is 2. The van der Waals surface area contributed by atoms with Crippen LogP contribution in [0.25, 0.3) is 5.65 Å². The van der Waals surface area contributed by atoms with Crippen molar-refractivity contribution in [3.63, 3.8) is 0 Å². The molecule has 1 aliphatic rings. The van der Waals surface area contributed by atoms with Crippen molar-refractivity contribution < 1.29 is 45.9 Å². The molecule has 0 radical (unpaired) electrons. The maximum atomic E-state index is 13.3. The summed E-state index contributed by atoms with van der Waals surface area (Å²) in [7, 11) is 0. The van der Waals surface area contributed by atoms with Crippen LogP contribution in [0.2, 0.25) is 0 Å². The second-order valence-corrected chi connectivity index (χ2v) is 8.48. The minimum Gasteiger partial charge on any atom is -0.610 e. The number of carboxylic acid groups (broad SMARTS) is 1. The monoisotopic (exact) mass is 491 g/mol. The Morgan fingerprint density at radius 1 is 1.27 bits per heavy atom. The van der Waals surface area contributed by atoms with Gasteiger partial charge in [-0.1, -0.05) is 0 Å². The van der Waals surface area contributed by atoms with Crippen LogP contribution in [0.5, 0.6) is 11.5 Å². The van der Waals surface area contributed by atoms with Crippen molar-refractivity contribution in [3.05, 3.63) is 47.2 Å². The zero-order valence-corrected chi connectivity index (χ0v) is 17.4. The molecule has 0 aliphatic carbocycles. The Bertz CT molecular complexity index is 1250. The van der Waals surface area contributed by atoms with Crippen LogP contribution in [-0.2, 0) is 23.9 Å². The van der Waals surface area contributed by atoms with Crippen molar-refractivity contribution in [1.82, 2.24) is 9.38 Å². The first-order chi connectivity index (χ1) is 15.4. The Labute approximate surface area is 185 Å². The highest BCUT2D eigenvalue weighted by molar-refractivity contribution is 7.91. The molecule has 0 amide bonds. The van der Waals surface area contributed by atoms with E-state index in [9.17, 15) is 36.4 Å². The predicted octanol–water partition coefficient (Wildman–Crippen LogP) is 4.11. The molecular weight excluding hydrogens is 477 g/mol. The zero-order chi connectivity index (χ0) is 24.1. The molecule has 0 spiro atoms. The number of alkyl halides is 5. The minimum absolute atomic E-state index is 0.00353. The molecule has 8 nitrogen and oxygen atoms in total. The highest BCUT2D eigenvalue weighted by atomic mass is 32.2. The summed E-state index contributed by atoms with van der Waals surface area (Å²) < 4.78 is 88.3. The van der Waals surface area contributed by atoms with Gasteiger partial charge in [-0.25, -0.2) is 9.78 Å². The molecule has 0 fully saturated rings. The largest absolute Gasteiger partial charge is 0.610 e. The summed E-state index contributed by atoms with van der Waals surface area (Å²) in [6.45, 7) is 1.27. The fourth-order valence-electron chi connectivity index (χ4n) is 3.22. The van der Waals surface area contributed by atoms with Gasteiger partial charge in [-0.05, 0) is 36.8 Å². The topological polar surface area (TPSA) is 108 Å². The number of rotatable bonds is 6. The molecule has 14 heteroatoms. The number of pyridine rings is 1. The molecule has 1 aromatic carbocycles. The van der Waals surface area contributed by atoms with Crippen molar-refractivity contribution in [3.8, 4) is 11.5 Å². The van der Waals surface area contributed by atoms with Crippen LogP contribution >= 0.6 is 0 Å². The first-order valence-electron chi connectivity index (χ1n) is 9.27. The number of nitrogens with one attached hydrogen (secondary N) is 1. The number of aromatic nitrogens is 2. The van der Waals surface area contributed by atoms with Crippen LogP contribution < -0.4 is 14.8 Å². The molecule has 3 aromatic rings. The van der Waals surface area contributed by atoms with Gasteiger partial charge in [0.15, 0.2) is 11.5 Å². The maximum Gasteiger partial charge on any atom is 0.586 e. The molecule has 4 rings (SSSR count). The van der Waals surface area contributed by atoms with Crippen molar-refractivity contribution in [2.45, 2.75) is 31.0 Å². The molecule has 2 aromatic heterocycles. The lowest BCUT2D eigenvalue weighted by atomic mass is 10.1. The van der Waals surface area contributed by atoms with E-state index in [1.807, 2.05) is 0 Å². The van der Waals surface area contributed by atoms with Crippen LogP contribution in [0.15, 0.2) is 35.5 Å². The van der Waals surface area contributed by atoms with Gasteiger partial charge in [0, 0.05) is 23.9 Å². The van der Waals surface area contributed by atoms with Gasteiger partial charge in [0.25, 0.3) is 5.03 Å². The lowest BCUT2D eigenvalue weighted by Gasteiger charge is -2.12. The Balaban J connectivity index is 1.72. The smallest absolute Gasteiger partial charge is 0.586 e. The normalized spacial score (nSPS) is 15.6. The standard InChI is InChI=1S/C19H14F5N3O5S/c1-2-33(30)16-15(26-14-4-3-10(8-27(14)16)18(20,21)22)25-7-9-5-12-13(6-11(9)17(28)29)32-19(23,24)31-12/h3-6,8,25H,2,7H2,1H3,(H,28,29). The van der Waals surface area contributed by atoms with E-state index in [-0.39, 0.29) is 45.7 Å². The van der Waals surface area contributed by atoms with E-state index in [0.29, 0.717) is 0 Å². The fourth-order valence-corrected chi connectivity index (χ4v) is 4.20. The maximum absolute atomic E-state index is 13.3. The zero-order valence-electron chi connectivity index (χ0n) is 16.6. The van der Waals surface area contributed by atoms with E-state index < -0.39 is 40.9 Å². The van der Waals surface area contributed by atoms with Crippen LogP contribution in [0.3, 0.4) is 0 Å². The number of carbonyl (C=O) groups is 1. The second-order valence-electron chi connectivity index (χ2n) is 6.83. The lowest BCUT2D eigenvalue weighted by molar-refractivity contribution is -0.286. The molecule has 0 saturated heterocycles. The number of carboxylic acids is 1. The first-order valence-corrected chi connectivity index (χ1v) is 10.6. The average Bonchev–Trinajstić information content (AvgIpc) is 3.24. The molecule has 0 bridgehead atoms. The molecule has 33 heavy (non-hydrogen) atoms. The van der Waals surface area contributed by atoms with Crippen molar-refractivity contribution >= 4 is 28.6 Å². The van der Waals surface area contributed by atoms with E-state index in [0.717, 1.165) is 34.9 Å². The van der Waals surface area contributed by atoms with Crippen LogP contribution in [0.4, 0.5) is 27.8 Å². The van der Waals surface area contributed by atoms with E-state index in [1.54, 1.807) is 6.92 Å². The van der Waals surface area contributed by atoms with Crippen LogP contribution in [0, 0.1) is 0 Å². The Kier molecular flexibility index (Phi) is 5.52. The third-order valence-corrected chi connectivity index (χ3v) is 6.03. The number of hydrogen-bond acceptors (Lipinski definition) is 6. The van der Waals surface area contributed by atoms with Crippen LogP contribution in [-0.4, -0.2) is 37.1 Å². The van der Waals surface area contributed by atoms with Gasteiger partial charge >= 0.3 is 18.4 Å². The SMILES string of the molecule is CC[S+]([O-])c1c(NCc2cc3c(cc2C(=O)O)OC(F)(F)O3)nc2ccc(C(F)(F)F)cn12. The number of fused-ring (bicyclic) bond motifs is 2. The van der Waals surface area contributed by atoms with Gasteiger partial charge in [-0.3, -0.25) is 4.40 Å². The highest BCUT2D eigenvalue weighted by Crippen LogP contribution is 2.42. The molecule has 1 atom stereocenters. The minimum atomic E-state index is -4.64. The predicted molar refractivity (Wildman–Crippen MR) is 104 cm³/mol. The number of imidazole rings is 1. The first kappa shape index (κ1) is 22.9. The van der Waals surface area contributed by atoms with E-state index in [1.165, 1.54) is 0 Å². The Morgan fingerprint density at radius 2 is 1.94 bits per heavy atom. The van der Waals surface area contributed by atoms with Crippen molar-refractivity contribution in [1.29, 1.82) is 0 Å². The van der Waals surface area contributed by atoms with Crippen molar-refractivity contribution in [2.24, 2.45) is 0 Å². The fraction of sp³-hybridized carbons (Fsp3) is 0.263. The highest BCUT2D eigenvalue weighted by Gasteiger charge is 2.44. The van der Waals surface area contributed by atoms with E-state index in [2.05, 4.69) is 19.8 Å². The number of anilines is 1. The number of aromatic carboxylic acids is 1. The van der Waals surface area contributed by atoms with Gasteiger partial charge in [-0.2, -0.15) is 13.2 Å². The van der Waals surface area contributed by atoms with E-state index in [4.69, 9.17) is 0 Å². The van der Waals surface area contributed by atoms with Crippen molar-refractivity contribution in [2.75, 3.05) is 11.1 Å². The Hall–Kier alpha value is -3.26. The molecule has 0 saturated carbocycles. The molecule has 1 aliphatic heterocycles. The number of ether oxygens (including phenoxy) is 2. The van der Waals surface area contributed by atoms with E-state index >= 15 is 0 Å². The number of benzene rings is 1. The lowest BCUT2D eigenvalue weighted by Crippen LogP contribution is -2.25. The quantitative estimate of drug-likeness (QED) is 0.395. The van der Waals surface area contributed by atoms with Crippen LogP contribution in [0.1, 0.15) is 28.4 Å². The molecular formula is C19H14F5N3O5S. The second kappa shape index (κ2) is 7.95. The molecule has 2 N–H and O–H groups in total. The van der Waals surface area contributed by atoms with Gasteiger partial charge in [0.2, 0.25) is 5.82 Å². The van der Waals surface area contributed by atoms with Gasteiger partial charge < -0.3 is 24.4 Å². The summed E-state index contributed by atoms with van der Waals surface area (Å²) in [6, 6.07) is 3.85. The van der Waals surface area contributed by atoms with Gasteiger partial charge in [0.1, 0.15) is 11.4 Å². The summed E-state index contributed by atoms with van der Waals surface area (Å²) in [5, 5.41) is 12.1. The number of hydrogen-bond donors (Lipinski definition) is 2.